The summed E-state index contributed by atoms with van der Waals surface area (Å²) in [7, 11) is 0. The molecule has 138 valence electrons. The van der Waals surface area contributed by atoms with E-state index in [0.29, 0.717) is 26.1 Å². The number of aryl methyl sites for hydroxylation is 1. The van der Waals surface area contributed by atoms with E-state index in [1.165, 1.54) is 18.2 Å². The predicted molar refractivity (Wildman–Crippen MR) is 103 cm³/mol. The van der Waals surface area contributed by atoms with E-state index in [2.05, 4.69) is 11.1 Å². The molecule has 27 heavy (non-hydrogen) atoms. The Balaban J connectivity index is 1.42. The summed E-state index contributed by atoms with van der Waals surface area (Å²) in [5.41, 5.74) is 2.91. The molecule has 6 heteroatoms. The largest absolute Gasteiger partial charge is 0.360 e. The van der Waals surface area contributed by atoms with Gasteiger partial charge in [-0.1, -0.05) is 12.1 Å². The van der Waals surface area contributed by atoms with Crippen molar-refractivity contribution in [1.29, 1.82) is 0 Å². The number of hydrogen-bond acceptors (Lipinski definition) is 2. The lowest BCUT2D eigenvalue weighted by atomic mass is 9.99. The van der Waals surface area contributed by atoms with Gasteiger partial charge in [-0.2, -0.15) is 0 Å². The van der Waals surface area contributed by atoms with Crippen LogP contribution in [0.5, 0.6) is 0 Å². The van der Waals surface area contributed by atoms with Crippen LogP contribution in [0.3, 0.4) is 0 Å². The van der Waals surface area contributed by atoms with E-state index in [-0.39, 0.29) is 17.3 Å². The van der Waals surface area contributed by atoms with Gasteiger partial charge in [-0.3, -0.25) is 9.59 Å². The summed E-state index contributed by atoms with van der Waals surface area (Å²) >= 11 is 0. The summed E-state index contributed by atoms with van der Waals surface area (Å²) in [4.78, 5) is 29.1. The minimum absolute atomic E-state index is 0.0436. The van der Waals surface area contributed by atoms with Crippen LogP contribution in [-0.4, -0.2) is 33.4 Å². The van der Waals surface area contributed by atoms with Crippen LogP contribution < -0.4 is 5.56 Å². The van der Waals surface area contributed by atoms with Gasteiger partial charge in [-0.05, 0) is 36.3 Å². The average molecular weight is 365 g/mol. The number of carbonyl (C=O) groups excluding carboxylic acids is 1. The molecule has 1 amide bonds. The molecular weight excluding hydrogens is 345 g/mol. The number of halogens is 1. The molecule has 0 fully saturated rings. The van der Waals surface area contributed by atoms with Crippen molar-refractivity contribution in [3.05, 3.63) is 76.6 Å². The summed E-state index contributed by atoms with van der Waals surface area (Å²) in [5.74, 6) is -0.218. The molecule has 0 saturated carbocycles. The molecular formula is C21H20FN3O2. The third kappa shape index (κ3) is 3.56. The van der Waals surface area contributed by atoms with E-state index in [1.54, 1.807) is 29.0 Å². The number of hydrogen-bond donors (Lipinski definition) is 1. The molecule has 1 aliphatic rings. The van der Waals surface area contributed by atoms with Gasteiger partial charge in [0.1, 0.15) is 5.82 Å². The second-order valence-electron chi connectivity index (χ2n) is 6.69. The zero-order valence-corrected chi connectivity index (χ0v) is 14.8. The Morgan fingerprint density at radius 3 is 2.89 bits per heavy atom. The molecule has 0 bridgehead atoms. The molecule has 0 saturated heterocycles. The van der Waals surface area contributed by atoms with Crippen LogP contribution in [0.25, 0.3) is 16.5 Å². The van der Waals surface area contributed by atoms with Gasteiger partial charge >= 0.3 is 0 Å². The van der Waals surface area contributed by atoms with Crippen molar-refractivity contribution in [1.82, 2.24) is 14.5 Å². The number of rotatable bonds is 4. The maximum Gasteiger partial charge on any atom is 0.250 e. The lowest BCUT2D eigenvalue weighted by Crippen LogP contribution is -2.35. The number of carbonyl (C=O) groups is 1. The van der Waals surface area contributed by atoms with Crippen molar-refractivity contribution < 1.29 is 9.18 Å². The smallest absolute Gasteiger partial charge is 0.250 e. The molecule has 4 rings (SSSR count). The maximum atomic E-state index is 13.3. The lowest BCUT2D eigenvalue weighted by Gasteiger charge is -2.26. The number of nitrogens with zero attached hydrogens (tertiary/aromatic N) is 2. The third-order valence-corrected chi connectivity index (χ3v) is 5.02. The van der Waals surface area contributed by atoms with Gasteiger partial charge in [0.25, 0.3) is 5.56 Å². The van der Waals surface area contributed by atoms with Gasteiger partial charge in [0, 0.05) is 61.0 Å². The molecule has 0 unspecified atom stereocenters. The van der Waals surface area contributed by atoms with Crippen molar-refractivity contribution in [3.8, 4) is 0 Å². The first kappa shape index (κ1) is 17.3. The van der Waals surface area contributed by atoms with Crippen LogP contribution >= 0.6 is 0 Å². The van der Waals surface area contributed by atoms with E-state index in [0.717, 1.165) is 28.5 Å². The molecule has 5 nitrogen and oxygen atoms in total. The van der Waals surface area contributed by atoms with Crippen LogP contribution in [0.4, 0.5) is 4.39 Å². The number of H-pyrrole nitrogens is 1. The number of aromatic nitrogens is 2. The normalized spacial score (nSPS) is 14.4. The number of benzene rings is 1. The van der Waals surface area contributed by atoms with Gasteiger partial charge in [0.2, 0.25) is 5.91 Å². The number of fused-ring (bicyclic) bond motifs is 1. The highest BCUT2D eigenvalue weighted by Gasteiger charge is 2.19. The SMILES string of the molecule is O=C(CCn1ccccc1=O)N1CC=C(c2c[nH]c3cc(F)ccc23)CC1. The molecule has 0 atom stereocenters. The first-order chi connectivity index (χ1) is 13.1. The molecule has 2 aromatic heterocycles. The van der Waals surface area contributed by atoms with Crippen molar-refractivity contribution in [3.63, 3.8) is 0 Å². The van der Waals surface area contributed by atoms with Crippen LogP contribution in [0.2, 0.25) is 0 Å². The minimum atomic E-state index is -0.261. The van der Waals surface area contributed by atoms with Crippen molar-refractivity contribution in [2.45, 2.75) is 19.4 Å². The second kappa shape index (κ2) is 7.23. The minimum Gasteiger partial charge on any atom is -0.360 e. The Morgan fingerprint density at radius 2 is 2.11 bits per heavy atom. The summed E-state index contributed by atoms with van der Waals surface area (Å²) < 4.78 is 14.9. The predicted octanol–water partition coefficient (Wildman–Crippen LogP) is 3.17. The first-order valence-electron chi connectivity index (χ1n) is 9.01. The fourth-order valence-electron chi connectivity index (χ4n) is 3.52. The standard InChI is InChI=1S/C21H20FN3O2/c22-16-4-5-17-18(14-23-19(17)13-16)15-6-10-25(11-7-15)21(27)8-12-24-9-2-1-3-20(24)26/h1-6,9,13-14,23H,7-8,10-12H2. The van der Waals surface area contributed by atoms with E-state index < -0.39 is 0 Å². The van der Waals surface area contributed by atoms with E-state index in [1.807, 2.05) is 11.1 Å². The molecule has 0 spiro atoms. The van der Waals surface area contributed by atoms with E-state index >= 15 is 0 Å². The van der Waals surface area contributed by atoms with Gasteiger partial charge < -0.3 is 14.5 Å². The number of pyridine rings is 1. The zero-order chi connectivity index (χ0) is 18.8. The van der Waals surface area contributed by atoms with Gasteiger partial charge in [0.05, 0.1) is 0 Å². The summed E-state index contributed by atoms with van der Waals surface area (Å²) in [5, 5.41) is 0.992. The van der Waals surface area contributed by atoms with E-state index in [4.69, 9.17) is 0 Å². The fourth-order valence-corrected chi connectivity index (χ4v) is 3.52. The number of nitrogens with one attached hydrogen (secondary N) is 1. The van der Waals surface area contributed by atoms with Crippen LogP contribution in [0, 0.1) is 5.82 Å². The second-order valence-corrected chi connectivity index (χ2v) is 6.69. The van der Waals surface area contributed by atoms with Crippen LogP contribution in [0.15, 0.2) is 59.7 Å². The molecule has 1 aliphatic heterocycles. The summed E-state index contributed by atoms with van der Waals surface area (Å²) in [6.45, 7) is 1.58. The van der Waals surface area contributed by atoms with Crippen molar-refractivity contribution >= 4 is 22.4 Å². The van der Waals surface area contributed by atoms with Gasteiger partial charge in [-0.25, -0.2) is 4.39 Å². The Bertz CT molecular complexity index is 1080. The number of aromatic amines is 1. The summed E-state index contributed by atoms with van der Waals surface area (Å²) in [6.07, 6.45) is 6.71. The molecule has 0 aliphatic carbocycles. The van der Waals surface area contributed by atoms with Crippen LogP contribution in [0.1, 0.15) is 18.4 Å². The molecule has 1 N–H and O–H groups in total. The first-order valence-corrected chi connectivity index (χ1v) is 9.01. The van der Waals surface area contributed by atoms with Gasteiger partial charge in [-0.15, -0.1) is 0 Å². The maximum absolute atomic E-state index is 13.3. The Morgan fingerprint density at radius 1 is 1.22 bits per heavy atom. The Hall–Kier alpha value is -3.15. The highest BCUT2D eigenvalue weighted by molar-refractivity contribution is 5.93. The topological polar surface area (TPSA) is 58.1 Å². The summed E-state index contributed by atoms with van der Waals surface area (Å²) in [6, 6.07) is 9.71. The Labute approximate surface area is 155 Å². The number of amides is 1. The van der Waals surface area contributed by atoms with Crippen molar-refractivity contribution in [2.75, 3.05) is 13.1 Å². The molecule has 0 radical (unpaired) electrons. The zero-order valence-electron chi connectivity index (χ0n) is 14.8. The highest BCUT2D eigenvalue weighted by atomic mass is 19.1. The fraction of sp³-hybridized carbons (Fsp3) is 0.238. The molecule has 3 heterocycles. The third-order valence-electron chi connectivity index (χ3n) is 5.02. The Kier molecular flexibility index (Phi) is 4.62. The lowest BCUT2D eigenvalue weighted by molar-refractivity contribution is -0.131. The molecule has 3 aromatic rings. The average Bonchev–Trinajstić information content (AvgIpc) is 3.10. The van der Waals surface area contributed by atoms with Crippen molar-refractivity contribution in [2.24, 2.45) is 0 Å². The monoisotopic (exact) mass is 365 g/mol. The van der Waals surface area contributed by atoms with Crippen LogP contribution in [-0.2, 0) is 11.3 Å². The van der Waals surface area contributed by atoms with E-state index in [9.17, 15) is 14.0 Å². The quantitative estimate of drug-likeness (QED) is 0.772. The van der Waals surface area contributed by atoms with Gasteiger partial charge in [0.15, 0.2) is 0 Å². The highest BCUT2D eigenvalue weighted by Crippen LogP contribution is 2.29. The molecule has 1 aromatic carbocycles.